The topological polar surface area (TPSA) is 43.8 Å². The summed E-state index contributed by atoms with van der Waals surface area (Å²) in [5.41, 5.74) is 10.6. The number of para-hydroxylation sites is 1. The molecule has 2 aromatic carbocycles. The Bertz CT molecular complexity index is 813. The van der Waals surface area contributed by atoms with E-state index in [0.717, 1.165) is 20.3 Å². The minimum absolute atomic E-state index is 0.0445. The lowest BCUT2D eigenvalue weighted by atomic mass is 9.85. The van der Waals surface area contributed by atoms with Gasteiger partial charge in [-0.1, -0.05) is 39.0 Å². The monoisotopic (exact) mass is 391 g/mol. The maximum atomic E-state index is 6.20. The maximum absolute atomic E-state index is 6.20. The number of hydrogen-bond donors (Lipinski definition) is 1. The third-order valence-electron chi connectivity index (χ3n) is 3.60. The predicted molar refractivity (Wildman–Crippen MR) is 96.9 cm³/mol. The number of nitrogen functional groups attached to an aromatic ring is 1. The van der Waals surface area contributed by atoms with Crippen LogP contribution in [0.3, 0.4) is 0 Å². The van der Waals surface area contributed by atoms with E-state index in [1.807, 2.05) is 10.6 Å². The number of imidazole rings is 1. The summed E-state index contributed by atoms with van der Waals surface area (Å²) in [6.45, 7) is 6.64. The summed E-state index contributed by atoms with van der Waals surface area (Å²) in [5, 5.41) is 0. The van der Waals surface area contributed by atoms with Gasteiger partial charge in [0.25, 0.3) is 0 Å². The Morgan fingerprint density at radius 3 is 2.52 bits per heavy atom. The summed E-state index contributed by atoms with van der Waals surface area (Å²) in [4.78, 5) is 4.51. The molecule has 0 radical (unpaired) electrons. The van der Waals surface area contributed by atoms with E-state index >= 15 is 0 Å². The van der Waals surface area contributed by atoms with Crippen molar-refractivity contribution in [2.45, 2.75) is 26.2 Å². The molecule has 4 heteroatoms. The van der Waals surface area contributed by atoms with Gasteiger partial charge in [-0.25, -0.2) is 4.98 Å². The van der Waals surface area contributed by atoms with Gasteiger partial charge >= 0.3 is 0 Å². The Kier molecular flexibility index (Phi) is 3.43. The van der Waals surface area contributed by atoms with Gasteiger partial charge in [0.15, 0.2) is 0 Å². The fourth-order valence-corrected chi connectivity index (χ4v) is 3.10. The summed E-state index contributed by atoms with van der Waals surface area (Å²) in [6, 6.07) is 14.6. The Balaban J connectivity index is 2.34. The van der Waals surface area contributed by atoms with Crippen molar-refractivity contribution in [1.29, 1.82) is 0 Å². The molecule has 3 nitrogen and oxygen atoms in total. The van der Waals surface area contributed by atoms with Gasteiger partial charge in [-0.3, -0.25) is 4.57 Å². The number of aromatic nitrogens is 2. The second kappa shape index (κ2) is 5.02. The summed E-state index contributed by atoms with van der Waals surface area (Å²) in [6.07, 6.45) is 0. The fourth-order valence-electron chi connectivity index (χ4n) is 2.63. The first-order valence-electron chi connectivity index (χ1n) is 6.91. The lowest BCUT2D eigenvalue weighted by Crippen LogP contribution is -2.15. The Morgan fingerprint density at radius 2 is 1.81 bits per heavy atom. The van der Waals surface area contributed by atoms with Crippen molar-refractivity contribution < 1.29 is 0 Å². The third kappa shape index (κ3) is 2.52. The fraction of sp³-hybridized carbons (Fsp3) is 0.235. The molecular weight excluding hydrogens is 373 g/mol. The summed E-state index contributed by atoms with van der Waals surface area (Å²) >= 11 is 2.29. The number of rotatable bonds is 1. The normalized spacial score (nSPS) is 12.0. The smallest absolute Gasteiger partial charge is 0.205 e. The molecule has 0 spiro atoms. The van der Waals surface area contributed by atoms with E-state index in [9.17, 15) is 0 Å². The van der Waals surface area contributed by atoms with Gasteiger partial charge in [0.05, 0.1) is 16.7 Å². The summed E-state index contributed by atoms with van der Waals surface area (Å²) in [7, 11) is 0. The van der Waals surface area contributed by atoms with Gasteiger partial charge in [0.1, 0.15) is 0 Å². The molecule has 0 amide bonds. The van der Waals surface area contributed by atoms with Crippen molar-refractivity contribution in [3.8, 4) is 5.69 Å². The highest BCUT2D eigenvalue weighted by Crippen LogP contribution is 2.32. The van der Waals surface area contributed by atoms with Crippen molar-refractivity contribution in [2.75, 3.05) is 5.73 Å². The zero-order chi connectivity index (χ0) is 15.2. The number of nitrogens with two attached hydrogens (primary N) is 1. The molecule has 3 rings (SSSR count). The van der Waals surface area contributed by atoms with Gasteiger partial charge in [-0.05, 0) is 57.8 Å². The van der Waals surface area contributed by atoms with Crippen LogP contribution >= 0.6 is 22.6 Å². The average molecular weight is 391 g/mol. The highest BCUT2D eigenvalue weighted by atomic mass is 127. The molecule has 0 bridgehead atoms. The van der Waals surface area contributed by atoms with Crippen LogP contribution in [0.4, 0.5) is 5.95 Å². The lowest BCUT2D eigenvalue weighted by Gasteiger charge is -2.23. The Hall–Kier alpha value is -1.56. The van der Waals surface area contributed by atoms with E-state index in [4.69, 9.17) is 5.73 Å². The van der Waals surface area contributed by atoms with Crippen molar-refractivity contribution in [2.24, 2.45) is 0 Å². The molecule has 0 saturated carbocycles. The Labute approximate surface area is 138 Å². The number of hydrogen-bond acceptors (Lipinski definition) is 2. The van der Waals surface area contributed by atoms with E-state index in [1.165, 1.54) is 5.56 Å². The van der Waals surface area contributed by atoms with E-state index in [0.29, 0.717) is 5.95 Å². The Morgan fingerprint density at radius 1 is 1.10 bits per heavy atom. The zero-order valence-corrected chi connectivity index (χ0v) is 14.5. The number of fused-ring (bicyclic) bond motifs is 1. The minimum Gasteiger partial charge on any atom is -0.369 e. The van der Waals surface area contributed by atoms with Crippen LogP contribution in [0.2, 0.25) is 0 Å². The molecule has 0 atom stereocenters. The number of halogens is 1. The molecule has 1 aromatic heterocycles. The maximum Gasteiger partial charge on any atom is 0.205 e. The number of anilines is 1. The molecule has 2 N–H and O–H groups in total. The van der Waals surface area contributed by atoms with Crippen LogP contribution in [-0.2, 0) is 5.41 Å². The summed E-state index contributed by atoms with van der Waals surface area (Å²) in [5.74, 6) is 0.531. The first-order valence-corrected chi connectivity index (χ1v) is 7.99. The van der Waals surface area contributed by atoms with E-state index in [2.05, 4.69) is 84.7 Å². The second-order valence-electron chi connectivity index (χ2n) is 6.21. The average Bonchev–Trinajstić information content (AvgIpc) is 2.72. The van der Waals surface area contributed by atoms with Gasteiger partial charge in [0.2, 0.25) is 5.95 Å². The van der Waals surface area contributed by atoms with Crippen LogP contribution in [0.25, 0.3) is 16.7 Å². The number of benzene rings is 2. The standard InChI is InChI=1S/C17H18IN3/c1-17(2,3)12-6-4-5-7-14(12)21-15-9-8-11(18)10-13(15)20-16(21)19/h4-10H,1-3H3,(H2,19,20). The van der Waals surface area contributed by atoms with E-state index in [1.54, 1.807) is 0 Å². The van der Waals surface area contributed by atoms with Crippen molar-refractivity contribution in [1.82, 2.24) is 9.55 Å². The molecule has 0 fully saturated rings. The molecule has 0 aliphatic carbocycles. The molecule has 0 saturated heterocycles. The second-order valence-corrected chi connectivity index (χ2v) is 7.45. The van der Waals surface area contributed by atoms with Crippen molar-refractivity contribution in [3.63, 3.8) is 0 Å². The van der Waals surface area contributed by atoms with Crippen molar-refractivity contribution in [3.05, 3.63) is 51.6 Å². The van der Waals surface area contributed by atoms with Gasteiger partial charge < -0.3 is 5.73 Å². The van der Waals surface area contributed by atoms with Gasteiger partial charge in [-0.15, -0.1) is 0 Å². The van der Waals surface area contributed by atoms with Crippen LogP contribution in [0.5, 0.6) is 0 Å². The molecule has 1 heterocycles. The van der Waals surface area contributed by atoms with Crippen LogP contribution in [-0.4, -0.2) is 9.55 Å². The molecule has 108 valence electrons. The van der Waals surface area contributed by atoms with Gasteiger partial charge in [-0.2, -0.15) is 0 Å². The zero-order valence-electron chi connectivity index (χ0n) is 12.4. The van der Waals surface area contributed by atoms with Crippen LogP contribution in [0.1, 0.15) is 26.3 Å². The van der Waals surface area contributed by atoms with E-state index < -0.39 is 0 Å². The van der Waals surface area contributed by atoms with Crippen LogP contribution in [0, 0.1) is 3.57 Å². The van der Waals surface area contributed by atoms with E-state index in [-0.39, 0.29) is 5.41 Å². The largest absolute Gasteiger partial charge is 0.369 e. The van der Waals surface area contributed by atoms with Crippen molar-refractivity contribution >= 4 is 39.6 Å². The molecule has 0 aliphatic rings. The molecular formula is C17H18IN3. The molecule has 3 aromatic rings. The minimum atomic E-state index is 0.0445. The first-order chi connectivity index (χ1) is 9.88. The highest BCUT2D eigenvalue weighted by molar-refractivity contribution is 14.1. The SMILES string of the molecule is CC(C)(C)c1ccccc1-n1c(N)nc2cc(I)ccc21. The lowest BCUT2D eigenvalue weighted by molar-refractivity contribution is 0.587. The predicted octanol–water partition coefficient (Wildman–Crippen LogP) is 4.51. The highest BCUT2D eigenvalue weighted by Gasteiger charge is 2.20. The van der Waals surface area contributed by atoms with Crippen LogP contribution in [0.15, 0.2) is 42.5 Å². The first kappa shape index (κ1) is 14.4. The van der Waals surface area contributed by atoms with Gasteiger partial charge in [0, 0.05) is 3.57 Å². The quantitative estimate of drug-likeness (QED) is 0.621. The number of nitrogens with zero attached hydrogens (tertiary/aromatic N) is 2. The molecule has 21 heavy (non-hydrogen) atoms. The molecule has 0 unspecified atom stereocenters. The summed E-state index contributed by atoms with van der Waals surface area (Å²) < 4.78 is 3.21. The molecule has 0 aliphatic heterocycles. The third-order valence-corrected chi connectivity index (χ3v) is 4.27. The van der Waals surface area contributed by atoms with Crippen LogP contribution < -0.4 is 5.73 Å².